The summed E-state index contributed by atoms with van der Waals surface area (Å²) in [5.41, 5.74) is 3.94. The fraction of sp³-hybridized carbons (Fsp3) is 0.375. The van der Waals surface area contributed by atoms with Crippen molar-refractivity contribution in [2.75, 3.05) is 5.75 Å². The first-order chi connectivity index (χ1) is 21.1. The highest BCUT2D eigenvalue weighted by Crippen LogP contribution is 2.52. The van der Waals surface area contributed by atoms with Crippen LogP contribution in [0.5, 0.6) is 0 Å². The number of fused-ring (bicyclic) bond motifs is 2. The Morgan fingerprint density at radius 2 is 1.82 bits per heavy atom. The van der Waals surface area contributed by atoms with Gasteiger partial charge in [0.2, 0.25) is 0 Å². The molecule has 0 aliphatic heterocycles. The van der Waals surface area contributed by atoms with Crippen LogP contribution in [0.1, 0.15) is 78.3 Å². The van der Waals surface area contributed by atoms with Gasteiger partial charge in [-0.1, -0.05) is 11.6 Å². The highest BCUT2D eigenvalue weighted by molar-refractivity contribution is 7.91. The average Bonchev–Trinajstić information content (AvgIpc) is 3.59. The molecular weight excluding hydrogens is 591 g/mol. The van der Waals surface area contributed by atoms with Gasteiger partial charge in [-0.25, -0.2) is 22.2 Å². The molecule has 0 radical (unpaired) electrons. The zero-order chi connectivity index (χ0) is 30.6. The van der Waals surface area contributed by atoms with Gasteiger partial charge in [0.15, 0.2) is 15.6 Å². The Morgan fingerprint density at radius 3 is 2.50 bits per heavy atom. The fourth-order valence-corrected chi connectivity index (χ4v) is 8.07. The van der Waals surface area contributed by atoms with E-state index in [-0.39, 0.29) is 34.6 Å². The minimum absolute atomic E-state index is 0.1000. The van der Waals surface area contributed by atoms with Crippen LogP contribution in [-0.4, -0.2) is 44.5 Å². The molecule has 228 valence electrons. The Kier molecular flexibility index (Phi) is 7.06. The molecular formula is C32H30F3N5O3S. The van der Waals surface area contributed by atoms with E-state index in [1.165, 1.54) is 12.1 Å². The van der Waals surface area contributed by atoms with Gasteiger partial charge in [-0.05, 0) is 104 Å². The summed E-state index contributed by atoms with van der Waals surface area (Å²) in [6.07, 6.45) is 11.9. The molecule has 0 amide bonds. The maximum atomic E-state index is 14.4. The Morgan fingerprint density at radius 1 is 1.02 bits per heavy atom. The van der Waals surface area contributed by atoms with Crippen LogP contribution in [0.4, 0.5) is 13.2 Å². The molecule has 0 unspecified atom stereocenters. The van der Waals surface area contributed by atoms with Crippen LogP contribution >= 0.6 is 0 Å². The van der Waals surface area contributed by atoms with Crippen molar-refractivity contribution >= 4 is 21.7 Å². The molecule has 0 bridgehead atoms. The molecule has 0 spiro atoms. The van der Waals surface area contributed by atoms with Gasteiger partial charge >= 0.3 is 6.55 Å². The van der Waals surface area contributed by atoms with Crippen molar-refractivity contribution in [3.63, 3.8) is 0 Å². The molecule has 12 heteroatoms. The van der Waals surface area contributed by atoms with Crippen molar-refractivity contribution in [1.82, 2.24) is 24.5 Å². The van der Waals surface area contributed by atoms with E-state index in [0.29, 0.717) is 47.7 Å². The Balaban J connectivity index is 1.20. The summed E-state index contributed by atoms with van der Waals surface area (Å²) in [5.74, 6) is -0.282. The summed E-state index contributed by atoms with van der Waals surface area (Å²) in [5, 5.41) is 8.05. The number of pyridine rings is 1. The first-order valence-corrected chi connectivity index (χ1v) is 16.4. The molecule has 4 aromatic rings. The highest BCUT2D eigenvalue weighted by atomic mass is 32.2. The quantitative estimate of drug-likeness (QED) is 0.202. The minimum atomic E-state index is -3.85. The van der Waals surface area contributed by atoms with Gasteiger partial charge < -0.3 is 0 Å². The second-order valence-corrected chi connectivity index (χ2v) is 14.2. The van der Waals surface area contributed by atoms with Crippen molar-refractivity contribution in [3.05, 3.63) is 95.1 Å². The van der Waals surface area contributed by atoms with E-state index in [0.717, 1.165) is 47.6 Å². The second-order valence-electron chi connectivity index (χ2n) is 12.1. The van der Waals surface area contributed by atoms with Crippen LogP contribution in [0.2, 0.25) is 0 Å². The third-order valence-corrected chi connectivity index (χ3v) is 11.0. The summed E-state index contributed by atoms with van der Waals surface area (Å²) < 4.78 is 67.7. The van der Waals surface area contributed by atoms with E-state index >= 15 is 0 Å². The number of carbonyl (C=O) groups excluding carboxylic acids is 1. The molecule has 2 saturated carbocycles. The Hall–Kier alpha value is -4.06. The number of sulfone groups is 1. The predicted octanol–water partition coefficient (Wildman–Crippen LogP) is 6.35. The van der Waals surface area contributed by atoms with Crippen molar-refractivity contribution < 1.29 is 26.4 Å². The number of Topliss-reactive ketones (excluding diaryl/α,β-unsaturated/α-hetero) is 1. The van der Waals surface area contributed by atoms with Crippen LogP contribution in [0.3, 0.4) is 0 Å². The second kappa shape index (κ2) is 10.8. The number of ketones is 1. The molecule has 8 nitrogen and oxygen atoms in total. The van der Waals surface area contributed by atoms with Gasteiger partial charge in [0.1, 0.15) is 16.4 Å². The molecule has 2 atom stereocenters. The molecule has 1 aromatic carbocycles. The van der Waals surface area contributed by atoms with Crippen LogP contribution in [0, 0.1) is 17.2 Å². The molecule has 3 aromatic heterocycles. The molecule has 3 heterocycles. The predicted molar refractivity (Wildman–Crippen MR) is 156 cm³/mol. The van der Waals surface area contributed by atoms with Crippen molar-refractivity contribution in [1.29, 1.82) is 0 Å². The lowest BCUT2D eigenvalue weighted by molar-refractivity contribution is 0.0563. The third-order valence-electron chi connectivity index (χ3n) is 9.27. The van der Waals surface area contributed by atoms with Crippen LogP contribution in [0.25, 0.3) is 11.8 Å². The summed E-state index contributed by atoms with van der Waals surface area (Å²) in [7, 11) is -3.85. The Labute approximate surface area is 252 Å². The topological polar surface area (TPSA) is 99.7 Å². The zero-order valence-corrected chi connectivity index (χ0v) is 24.6. The molecule has 2 fully saturated rings. The number of benzene rings is 1. The average molecular weight is 622 g/mol. The number of allylic oxidation sites excluding steroid dienone is 1. The summed E-state index contributed by atoms with van der Waals surface area (Å²) >= 11 is 0. The monoisotopic (exact) mass is 621 g/mol. The van der Waals surface area contributed by atoms with Crippen molar-refractivity contribution in [2.24, 2.45) is 11.3 Å². The minimum Gasteiger partial charge on any atom is -0.291 e. The van der Waals surface area contributed by atoms with Crippen molar-refractivity contribution in [3.8, 4) is 5.69 Å². The van der Waals surface area contributed by atoms with Gasteiger partial charge in [-0.3, -0.25) is 9.78 Å². The number of carbonyl (C=O) groups is 1. The number of halogens is 3. The van der Waals surface area contributed by atoms with Gasteiger partial charge in [0.25, 0.3) is 0 Å². The molecule has 3 aliphatic carbocycles. The van der Waals surface area contributed by atoms with Gasteiger partial charge in [-0.15, -0.1) is 0 Å². The number of alkyl halides is 2. The normalized spacial score (nSPS) is 21.5. The van der Waals surface area contributed by atoms with Gasteiger partial charge in [0.05, 0.1) is 34.9 Å². The molecule has 3 aliphatic rings. The number of hydrogen-bond donors (Lipinski definition) is 0. The lowest BCUT2D eigenvalue weighted by atomic mass is 9.58. The smallest absolute Gasteiger partial charge is 0.291 e. The van der Waals surface area contributed by atoms with Gasteiger partial charge in [-0.2, -0.15) is 19.0 Å². The largest absolute Gasteiger partial charge is 0.333 e. The first-order valence-electron chi connectivity index (χ1n) is 14.7. The summed E-state index contributed by atoms with van der Waals surface area (Å²) in [6, 6.07) is 9.84. The zero-order valence-electron chi connectivity index (χ0n) is 23.7. The summed E-state index contributed by atoms with van der Waals surface area (Å²) in [4.78, 5) is 18.8. The SMILES string of the molecule is O=C(c1ccc(C2CC2)cn1)[C@]12Cc3cnn(-c4ccc(F)cc4)c3C=C1CC[C@H](CCS(=O)(=O)c1cnn(C(F)F)c1)C2. The molecule has 0 N–H and O–H groups in total. The fourth-order valence-electron chi connectivity index (χ4n) is 6.72. The van der Waals surface area contributed by atoms with Crippen molar-refractivity contribution in [2.45, 2.75) is 62.3 Å². The van der Waals surface area contributed by atoms with Crippen LogP contribution < -0.4 is 0 Å². The number of rotatable bonds is 9. The lowest BCUT2D eigenvalue weighted by Gasteiger charge is -2.44. The molecule has 7 rings (SSSR count). The van der Waals surface area contributed by atoms with E-state index in [9.17, 15) is 26.4 Å². The first kappa shape index (κ1) is 28.7. The van der Waals surface area contributed by atoms with Crippen LogP contribution in [0.15, 0.2) is 71.7 Å². The highest BCUT2D eigenvalue weighted by Gasteiger charge is 2.49. The van der Waals surface area contributed by atoms with E-state index in [4.69, 9.17) is 0 Å². The summed E-state index contributed by atoms with van der Waals surface area (Å²) in [6.45, 7) is -2.93. The Bertz CT molecular complexity index is 1860. The maximum absolute atomic E-state index is 14.4. The third kappa shape index (κ3) is 5.18. The van der Waals surface area contributed by atoms with Crippen LogP contribution in [-0.2, 0) is 16.3 Å². The van der Waals surface area contributed by atoms with E-state index in [1.807, 2.05) is 12.1 Å². The molecule has 44 heavy (non-hydrogen) atoms. The standard InChI is InChI=1S/C32H30F3N5O3S/c33-25-6-8-26(9-7-25)40-29-13-24-5-1-20(11-12-44(42,43)27-18-37-39(19-27)31(34)35)14-32(24,15-23(29)17-38-40)30(41)28-10-4-22(16-36-28)21-2-3-21/h4,6-10,13,16-21,31H,1-3,5,11-12,14-15H2/t20-,32-/m1/s1. The molecule has 0 saturated heterocycles. The lowest BCUT2D eigenvalue weighted by Crippen LogP contribution is -2.42. The van der Waals surface area contributed by atoms with Gasteiger partial charge in [0, 0.05) is 12.4 Å². The number of hydrogen-bond acceptors (Lipinski definition) is 6. The maximum Gasteiger partial charge on any atom is 0.333 e. The number of nitrogens with zero attached hydrogens (tertiary/aromatic N) is 5. The van der Waals surface area contributed by atoms with E-state index in [2.05, 4.69) is 15.2 Å². The number of aromatic nitrogens is 5. The van der Waals surface area contributed by atoms with E-state index in [1.54, 1.807) is 35.3 Å². The van der Waals surface area contributed by atoms with E-state index < -0.39 is 21.8 Å².